The number of hydrogen-bond acceptors (Lipinski definition) is 0. The van der Waals surface area contributed by atoms with Gasteiger partial charge in [0, 0.05) is 0 Å². The van der Waals surface area contributed by atoms with Gasteiger partial charge in [0.05, 0.1) is 0 Å². The maximum absolute atomic E-state index is 2.64. The summed E-state index contributed by atoms with van der Waals surface area (Å²) in [6.45, 7) is 9.99. The quantitative estimate of drug-likeness (QED) is 0.432. The third-order valence-corrected chi connectivity index (χ3v) is 38.5. The Morgan fingerprint density at radius 1 is 0.750 bits per heavy atom. The summed E-state index contributed by atoms with van der Waals surface area (Å²) in [5.41, 5.74) is 0. The molecule has 0 saturated heterocycles. The molecule has 2 aliphatic carbocycles. The van der Waals surface area contributed by atoms with E-state index in [2.05, 4.69) is 75.5 Å². The first kappa shape index (κ1) is 16.4. The Balaban J connectivity index is 2.45. The van der Waals surface area contributed by atoms with Gasteiger partial charge < -0.3 is 0 Å². The molecule has 2 heteroatoms. The molecule has 0 aromatic heterocycles. The Labute approximate surface area is 133 Å². The Morgan fingerprint density at radius 3 is 1.35 bits per heavy atom. The zero-order valence-electron chi connectivity index (χ0n) is 13.5. The van der Waals surface area contributed by atoms with Crippen LogP contribution in [0.2, 0.25) is 19.4 Å². The van der Waals surface area contributed by atoms with Crippen LogP contribution in [0.3, 0.4) is 0 Å². The first-order chi connectivity index (χ1) is 9.60. The van der Waals surface area contributed by atoms with Gasteiger partial charge in [-0.15, -0.1) is 0 Å². The van der Waals surface area contributed by atoms with Gasteiger partial charge in [-0.25, -0.2) is 0 Å². The second kappa shape index (κ2) is 6.87. The van der Waals surface area contributed by atoms with Crippen molar-refractivity contribution in [3.63, 3.8) is 0 Å². The van der Waals surface area contributed by atoms with E-state index in [1.54, 1.807) is 0 Å². The summed E-state index contributed by atoms with van der Waals surface area (Å²) < 4.78 is 1.04. The molecule has 0 saturated carbocycles. The van der Waals surface area contributed by atoms with Crippen LogP contribution in [-0.4, -0.2) is 5.98 Å². The van der Waals surface area contributed by atoms with Gasteiger partial charge in [-0.1, -0.05) is 0 Å². The van der Waals surface area contributed by atoms with E-state index < -0.39 is 26.6 Å². The normalized spacial score (nSPS) is 21.2. The summed E-state index contributed by atoms with van der Waals surface area (Å²) in [6.07, 6.45) is 25.1. The van der Waals surface area contributed by atoms with Crippen LogP contribution in [0.25, 0.3) is 0 Å². The number of hydrogen-bond donors (Lipinski definition) is 0. The topological polar surface area (TPSA) is 0 Å². The summed E-state index contributed by atoms with van der Waals surface area (Å²) >= 11 is -1.84. The van der Waals surface area contributed by atoms with Gasteiger partial charge in [-0.3, -0.25) is 0 Å². The molecule has 0 nitrogen and oxygen atoms in total. The molecule has 0 atom stereocenters. The van der Waals surface area contributed by atoms with Crippen LogP contribution >= 0.6 is 0 Å². The fraction of sp³-hybridized carbons (Fsp3) is 0.556. The standard InChI is InChI=1S/2C8H11.C2H7Si.Hf/c2*1-2-5-8-6-3-4-7-8;1-3-2;/h2*3-4,6-7H,2,5H2,1H3;3H,1-2H3;. The van der Waals surface area contributed by atoms with Crippen molar-refractivity contribution in [2.24, 2.45) is 0 Å². The van der Waals surface area contributed by atoms with Crippen molar-refractivity contribution in [3.05, 3.63) is 48.6 Å². The first-order valence-electron chi connectivity index (χ1n) is 8.22. The zero-order valence-corrected chi connectivity index (χ0v) is 18.3. The van der Waals surface area contributed by atoms with Crippen LogP contribution in [0, 0.1) is 0 Å². The molecule has 0 amide bonds. The number of allylic oxidation sites excluding steroid dienone is 8. The SMILES string of the molecule is CCC[C]1([Hf]([SiH](C)C)[C]2(CCC)C=CC=C2)C=CC=C1. The summed E-state index contributed by atoms with van der Waals surface area (Å²) in [7, 11) is 0. The predicted molar refractivity (Wildman–Crippen MR) is 90.6 cm³/mol. The van der Waals surface area contributed by atoms with Gasteiger partial charge >= 0.3 is 134 Å². The van der Waals surface area contributed by atoms with Crippen LogP contribution in [0.1, 0.15) is 39.5 Å². The fourth-order valence-electron chi connectivity index (χ4n) is 4.32. The Hall–Kier alpha value is 0.0470. The molecule has 0 radical (unpaired) electrons. The summed E-state index contributed by atoms with van der Waals surface area (Å²) in [5, 5.41) is 0. The molecule has 0 aliphatic heterocycles. The van der Waals surface area contributed by atoms with Crippen LogP contribution in [0.4, 0.5) is 0 Å². The van der Waals surface area contributed by atoms with E-state index in [9.17, 15) is 0 Å². The average Bonchev–Trinajstić information content (AvgIpc) is 3.01. The summed E-state index contributed by atoms with van der Waals surface area (Å²) in [6, 6.07) is 0. The van der Waals surface area contributed by atoms with Crippen molar-refractivity contribution < 1.29 is 20.6 Å². The maximum atomic E-state index is 2.64. The molecule has 0 spiro atoms. The van der Waals surface area contributed by atoms with Crippen molar-refractivity contribution in [1.29, 1.82) is 0 Å². The van der Waals surface area contributed by atoms with Crippen LogP contribution in [-0.2, 0) is 20.6 Å². The van der Waals surface area contributed by atoms with Gasteiger partial charge in [0.2, 0.25) is 0 Å². The van der Waals surface area contributed by atoms with Crippen molar-refractivity contribution in [2.75, 3.05) is 0 Å². The van der Waals surface area contributed by atoms with Gasteiger partial charge in [0.15, 0.2) is 0 Å². The molecule has 0 heterocycles. The molecule has 20 heavy (non-hydrogen) atoms. The average molecular weight is 452 g/mol. The molecule has 0 N–H and O–H groups in total. The molecule has 2 aliphatic rings. The zero-order chi connectivity index (χ0) is 14.6. The van der Waals surface area contributed by atoms with Gasteiger partial charge in [-0.05, 0) is 0 Å². The monoisotopic (exact) mass is 453 g/mol. The van der Waals surface area contributed by atoms with E-state index in [-0.39, 0.29) is 0 Å². The minimum absolute atomic E-state index is 0.522. The molecule has 0 unspecified atom stereocenters. The van der Waals surface area contributed by atoms with Crippen molar-refractivity contribution in [1.82, 2.24) is 0 Å². The molecular weight excluding hydrogens is 423 g/mol. The Kier molecular flexibility index (Phi) is 5.64. The molecule has 0 aromatic carbocycles. The van der Waals surface area contributed by atoms with E-state index in [4.69, 9.17) is 0 Å². The Bertz CT molecular complexity index is 380. The molecule has 0 aromatic rings. The van der Waals surface area contributed by atoms with Gasteiger partial charge in [0.25, 0.3) is 0 Å². The third kappa shape index (κ3) is 2.97. The predicted octanol–water partition coefficient (Wildman–Crippen LogP) is 5.76. The third-order valence-electron chi connectivity index (χ3n) is 4.70. The van der Waals surface area contributed by atoms with E-state index in [1.165, 1.54) is 25.7 Å². The van der Waals surface area contributed by atoms with Crippen molar-refractivity contribution in [2.45, 2.75) is 59.0 Å². The van der Waals surface area contributed by atoms with Gasteiger partial charge in [-0.2, -0.15) is 0 Å². The van der Waals surface area contributed by atoms with E-state index in [1.807, 2.05) is 0 Å². The van der Waals surface area contributed by atoms with E-state index >= 15 is 0 Å². The Morgan fingerprint density at radius 2 is 1.10 bits per heavy atom. The van der Waals surface area contributed by atoms with Crippen molar-refractivity contribution in [3.8, 4) is 0 Å². The van der Waals surface area contributed by atoms with Gasteiger partial charge in [0.1, 0.15) is 0 Å². The second-order valence-electron chi connectivity index (χ2n) is 6.59. The van der Waals surface area contributed by atoms with Crippen LogP contribution in [0.15, 0.2) is 48.6 Å². The van der Waals surface area contributed by atoms with Crippen molar-refractivity contribution >= 4 is 5.98 Å². The molecule has 0 fully saturated rings. The van der Waals surface area contributed by atoms with Crippen LogP contribution in [0.5, 0.6) is 0 Å². The first-order valence-corrected chi connectivity index (χ1v) is 20.9. The fourth-order valence-corrected chi connectivity index (χ4v) is 46.0. The van der Waals surface area contributed by atoms with E-state index in [0.717, 1.165) is 0 Å². The summed E-state index contributed by atoms with van der Waals surface area (Å²) in [5.74, 6) is -0.581. The summed E-state index contributed by atoms with van der Waals surface area (Å²) in [4.78, 5) is 0. The second-order valence-corrected chi connectivity index (χ2v) is 35.7. The van der Waals surface area contributed by atoms with E-state index in [0.29, 0.717) is 6.34 Å². The molecule has 0 bridgehead atoms. The minimum atomic E-state index is -1.84. The number of rotatable bonds is 7. The van der Waals surface area contributed by atoms with Crippen LogP contribution < -0.4 is 0 Å². The molecule has 2 rings (SSSR count). The molecular formula is C18H29HfSi. The molecule has 109 valence electrons.